The van der Waals surface area contributed by atoms with Gasteiger partial charge in [-0.15, -0.1) is 0 Å². The lowest BCUT2D eigenvalue weighted by Gasteiger charge is -2.35. The lowest BCUT2D eigenvalue weighted by molar-refractivity contribution is -0.121. The average molecular weight is 455 g/mol. The molecular formula is C24H27ClN4O3. The molecule has 1 aromatic carbocycles. The molecule has 32 heavy (non-hydrogen) atoms. The van der Waals surface area contributed by atoms with Crippen molar-refractivity contribution in [3.05, 3.63) is 47.2 Å². The van der Waals surface area contributed by atoms with Crippen LogP contribution in [0.25, 0.3) is 22.2 Å². The summed E-state index contributed by atoms with van der Waals surface area (Å²) in [6.07, 6.45) is 2.15. The normalized spacial score (nSPS) is 14.8. The number of carbonyl (C=O) groups is 2. The van der Waals surface area contributed by atoms with Gasteiger partial charge in [0, 0.05) is 35.9 Å². The molecule has 1 N–H and O–H groups in total. The Hall–Kier alpha value is -3.06. The molecule has 0 saturated carbocycles. The third-order valence-electron chi connectivity index (χ3n) is 5.42. The summed E-state index contributed by atoms with van der Waals surface area (Å²) in [6.45, 7) is 8.31. The summed E-state index contributed by atoms with van der Waals surface area (Å²) < 4.78 is 5.40. The minimum Gasteiger partial charge on any atom is -0.444 e. The van der Waals surface area contributed by atoms with Crippen molar-refractivity contribution in [2.24, 2.45) is 0 Å². The van der Waals surface area contributed by atoms with E-state index in [0.717, 1.165) is 39.8 Å². The van der Waals surface area contributed by atoms with Gasteiger partial charge in [0.1, 0.15) is 22.9 Å². The highest BCUT2D eigenvalue weighted by Gasteiger charge is 2.31. The molecule has 168 valence electrons. The number of halogens is 1. The van der Waals surface area contributed by atoms with Crippen LogP contribution < -0.4 is 4.90 Å². The molecule has 0 radical (unpaired) electrons. The molecule has 2 amide bonds. The van der Waals surface area contributed by atoms with Crippen LogP contribution in [-0.4, -0.2) is 52.1 Å². The molecule has 3 aromatic rings. The number of aromatic amines is 1. The third kappa shape index (κ3) is 4.43. The molecule has 0 aliphatic carbocycles. The number of nitrogens with zero attached hydrogens (tertiary/aromatic N) is 3. The molecule has 0 unspecified atom stereocenters. The number of piperazine rings is 1. The number of rotatable bonds is 3. The van der Waals surface area contributed by atoms with Crippen molar-refractivity contribution in [2.45, 2.75) is 39.7 Å². The van der Waals surface area contributed by atoms with Crippen molar-refractivity contribution in [3.8, 4) is 11.1 Å². The van der Waals surface area contributed by atoms with Gasteiger partial charge in [-0.25, -0.2) is 9.78 Å². The number of nitrogens with one attached hydrogen (secondary N) is 1. The van der Waals surface area contributed by atoms with Gasteiger partial charge in [-0.1, -0.05) is 30.7 Å². The van der Waals surface area contributed by atoms with Crippen LogP contribution in [0.1, 0.15) is 33.3 Å². The molecule has 0 spiro atoms. The first-order valence-electron chi connectivity index (χ1n) is 10.7. The van der Waals surface area contributed by atoms with E-state index >= 15 is 0 Å². The number of aryl methyl sites for hydroxylation is 1. The number of H-pyrrole nitrogens is 1. The zero-order valence-corrected chi connectivity index (χ0v) is 19.5. The Labute approximate surface area is 192 Å². The second kappa shape index (κ2) is 8.47. The van der Waals surface area contributed by atoms with E-state index in [-0.39, 0.29) is 12.5 Å². The maximum atomic E-state index is 12.8. The van der Waals surface area contributed by atoms with Crippen molar-refractivity contribution in [1.29, 1.82) is 0 Å². The maximum absolute atomic E-state index is 12.8. The fourth-order valence-corrected chi connectivity index (χ4v) is 4.20. The standard InChI is InChI=1S/C24H27ClN4O3/c1-5-18-19-12-16(13-26-22(19)27-21(18)25)15-7-6-8-17(11-15)29-10-9-28(14-20(29)30)23(31)32-24(2,3)4/h6-8,11-13H,5,9-10,14H2,1-4H3,(H,26,27). The number of aromatic nitrogens is 2. The van der Waals surface area contributed by atoms with E-state index in [4.69, 9.17) is 16.3 Å². The molecule has 0 atom stereocenters. The first-order chi connectivity index (χ1) is 15.2. The lowest BCUT2D eigenvalue weighted by atomic mass is 10.0. The SMILES string of the molecule is CCc1c(Cl)[nH]c2ncc(-c3cccc(N4CCN(C(=O)OC(C)(C)C)CC4=O)c3)cc12. The van der Waals surface area contributed by atoms with Gasteiger partial charge in [-0.05, 0) is 56.5 Å². The molecule has 1 aliphatic rings. The fraction of sp³-hybridized carbons (Fsp3) is 0.375. The summed E-state index contributed by atoms with van der Waals surface area (Å²) >= 11 is 6.30. The second-order valence-electron chi connectivity index (χ2n) is 8.89. The predicted molar refractivity (Wildman–Crippen MR) is 126 cm³/mol. The Morgan fingerprint density at radius 3 is 2.69 bits per heavy atom. The van der Waals surface area contributed by atoms with Gasteiger partial charge in [0.15, 0.2) is 0 Å². The van der Waals surface area contributed by atoms with E-state index in [1.54, 1.807) is 11.1 Å². The van der Waals surface area contributed by atoms with E-state index < -0.39 is 11.7 Å². The highest BCUT2D eigenvalue weighted by Crippen LogP contribution is 2.31. The van der Waals surface area contributed by atoms with Crippen molar-refractivity contribution in [2.75, 3.05) is 24.5 Å². The van der Waals surface area contributed by atoms with Gasteiger partial charge >= 0.3 is 6.09 Å². The summed E-state index contributed by atoms with van der Waals surface area (Å²) in [5.74, 6) is -0.140. The minimum atomic E-state index is -0.595. The van der Waals surface area contributed by atoms with Crippen molar-refractivity contribution >= 4 is 40.3 Å². The van der Waals surface area contributed by atoms with E-state index in [2.05, 4.69) is 23.0 Å². The summed E-state index contributed by atoms with van der Waals surface area (Å²) in [4.78, 5) is 35.9. The van der Waals surface area contributed by atoms with Crippen LogP contribution in [0.15, 0.2) is 36.5 Å². The molecule has 1 fully saturated rings. The Morgan fingerprint density at radius 2 is 2.00 bits per heavy atom. The van der Waals surface area contributed by atoms with Gasteiger partial charge in [0.05, 0.1) is 0 Å². The first-order valence-corrected chi connectivity index (χ1v) is 11.1. The number of hydrogen-bond donors (Lipinski definition) is 1. The smallest absolute Gasteiger partial charge is 0.410 e. The largest absolute Gasteiger partial charge is 0.444 e. The number of benzene rings is 1. The van der Waals surface area contributed by atoms with Crippen LogP contribution in [0.5, 0.6) is 0 Å². The Balaban J connectivity index is 1.56. The minimum absolute atomic E-state index is 0.00559. The van der Waals surface area contributed by atoms with Gasteiger partial charge in [0.25, 0.3) is 0 Å². The first kappa shape index (κ1) is 22.1. The molecule has 3 heterocycles. The molecular weight excluding hydrogens is 428 g/mol. The van der Waals surface area contributed by atoms with E-state index in [9.17, 15) is 9.59 Å². The van der Waals surface area contributed by atoms with Gasteiger partial charge in [-0.2, -0.15) is 0 Å². The molecule has 7 nitrogen and oxygen atoms in total. The fourth-order valence-electron chi connectivity index (χ4n) is 3.88. The predicted octanol–water partition coefficient (Wildman–Crippen LogP) is 5.03. The highest BCUT2D eigenvalue weighted by molar-refractivity contribution is 6.31. The lowest BCUT2D eigenvalue weighted by Crippen LogP contribution is -2.53. The Bertz CT molecular complexity index is 1180. The van der Waals surface area contributed by atoms with Crippen LogP contribution in [0, 0.1) is 0 Å². The van der Waals surface area contributed by atoms with E-state index in [1.807, 2.05) is 45.0 Å². The van der Waals surface area contributed by atoms with Crippen molar-refractivity contribution in [3.63, 3.8) is 0 Å². The second-order valence-corrected chi connectivity index (χ2v) is 9.27. The number of hydrogen-bond acceptors (Lipinski definition) is 4. The molecule has 1 saturated heterocycles. The molecule has 2 aromatic heterocycles. The van der Waals surface area contributed by atoms with Crippen LogP contribution in [-0.2, 0) is 16.0 Å². The number of fused-ring (bicyclic) bond motifs is 1. The van der Waals surface area contributed by atoms with Crippen LogP contribution in [0.4, 0.5) is 10.5 Å². The average Bonchev–Trinajstić information content (AvgIpc) is 3.06. The number of ether oxygens (including phenoxy) is 1. The number of amides is 2. The number of pyridine rings is 1. The topological polar surface area (TPSA) is 78.5 Å². The Morgan fingerprint density at radius 1 is 1.22 bits per heavy atom. The van der Waals surface area contributed by atoms with Crippen molar-refractivity contribution in [1.82, 2.24) is 14.9 Å². The quantitative estimate of drug-likeness (QED) is 0.602. The molecule has 1 aliphatic heterocycles. The summed E-state index contributed by atoms with van der Waals surface area (Å²) in [6, 6.07) is 9.87. The molecule has 0 bridgehead atoms. The van der Waals surface area contributed by atoms with Gasteiger partial charge in [0.2, 0.25) is 5.91 Å². The maximum Gasteiger partial charge on any atom is 0.410 e. The third-order valence-corrected chi connectivity index (χ3v) is 5.75. The van der Waals surface area contributed by atoms with Crippen LogP contribution in [0.2, 0.25) is 5.15 Å². The Kier molecular flexibility index (Phi) is 5.86. The molecule has 8 heteroatoms. The zero-order chi connectivity index (χ0) is 23.0. The number of carbonyl (C=O) groups excluding carboxylic acids is 2. The molecule has 4 rings (SSSR count). The summed E-state index contributed by atoms with van der Waals surface area (Å²) in [5, 5.41) is 1.62. The monoisotopic (exact) mass is 454 g/mol. The highest BCUT2D eigenvalue weighted by atomic mass is 35.5. The number of anilines is 1. The summed E-state index contributed by atoms with van der Waals surface area (Å²) in [5.41, 5.74) is 3.91. The van der Waals surface area contributed by atoms with Crippen LogP contribution >= 0.6 is 11.6 Å². The van der Waals surface area contributed by atoms with Gasteiger partial charge in [-0.3, -0.25) is 9.69 Å². The van der Waals surface area contributed by atoms with E-state index in [0.29, 0.717) is 18.2 Å². The van der Waals surface area contributed by atoms with E-state index in [1.165, 1.54) is 4.90 Å². The van der Waals surface area contributed by atoms with Crippen LogP contribution in [0.3, 0.4) is 0 Å². The van der Waals surface area contributed by atoms with Crippen molar-refractivity contribution < 1.29 is 14.3 Å². The summed E-state index contributed by atoms with van der Waals surface area (Å²) in [7, 11) is 0. The van der Waals surface area contributed by atoms with Gasteiger partial charge < -0.3 is 14.6 Å². The zero-order valence-electron chi connectivity index (χ0n) is 18.7.